The highest BCUT2D eigenvalue weighted by molar-refractivity contribution is 5.95. The van der Waals surface area contributed by atoms with E-state index in [0.717, 1.165) is 22.6 Å². The van der Waals surface area contributed by atoms with Crippen LogP contribution in [0.1, 0.15) is 58.6 Å². The van der Waals surface area contributed by atoms with E-state index in [1.165, 1.54) is 0 Å². The Morgan fingerprint density at radius 2 is 1.43 bits per heavy atom. The summed E-state index contributed by atoms with van der Waals surface area (Å²) in [7, 11) is 0. The molecule has 7 nitrogen and oxygen atoms in total. The number of aryl methyl sites for hydroxylation is 1. The van der Waals surface area contributed by atoms with Crippen LogP contribution < -0.4 is 4.74 Å². The number of carbonyl (C=O) groups is 2. The number of esters is 2. The van der Waals surface area contributed by atoms with E-state index in [4.69, 9.17) is 18.6 Å². The first kappa shape index (κ1) is 28.0. The van der Waals surface area contributed by atoms with Crippen molar-refractivity contribution in [3.63, 3.8) is 0 Å². The second kappa shape index (κ2) is 11.6. The van der Waals surface area contributed by atoms with Gasteiger partial charge in [-0.25, -0.2) is 4.98 Å². The second-order valence-corrected chi connectivity index (χ2v) is 11.0. The van der Waals surface area contributed by atoms with E-state index in [9.17, 15) is 9.59 Å². The molecule has 1 aromatic heterocycles. The fraction of sp³-hybridized carbons (Fsp3) is 0.433. The van der Waals surface area contributed by atoms with Gasteiger partial charge in [-0.3, -0.25) is 9.59 Å². The number of carbonyl (C=O) groups excluding carboxylic acids is 2. The second-order valence-electron chi connectivity index (χ2n) is 11.0. The van der Waals surface area contributed by atoms with Gasteiger partial charge in [-0.1, -0.05) is 30.3 Å². The molecule has 0 aliphatic rings. The van der Waals surface area contributed by atoms with Crippen LogP contribution in [0, 0.1) is 12.8 Å². The maximum atomic E-state index is 12.8. The van der Waals surface area contributed by atoms with Crippen molar-refractivity contribution in [2.45, 2.75) is 72.5 Å². The lowest BCUT2D eigenvalue weighted by molar-refractivity contribution is -0.174. The lowest BCUT2D eigenvalue weighted by Gasteiger charge is -2.26. The van der Waals surface area contributed by atoms with Crippen molar-refractivity contribution in [3.05, 3.63) is 71.6 Å². The minimum Gasteiger partial charge on any atom is -0.493 e. The molecule has 0 atom stereocenters. The predicted octanol–water partition coefficient (Wildman–Crippen LogP) is 6.11. The van der Waals surface area contributed by atoms with Crippen LogP contribution in [0.2, 0.25) is 0 Å². The summed E-state index contributed by atoms with van der Waals surface area (Å²) in [6.45, 7) is 12.9. The molecule has 0 amide bonds. The van der Waals surface area contributed by atoms with Crippen LogP contribution in [0.5, 0.6) is 5.75 Å². The molecule has 7 heteroatoms. The summed E-state index contributed by atoms with van der Waals surface area (Å²) in [5.41, 5.74) is 1.17. The van der Waals surface area contributed by atoms with Gasteiger partial charge in [0, 0.05) is 12.0 Å². The van der Waals surface area contributed by atoms with Crippen molar-refractivity contribution in [2.24, 2.45) is 5.92 Å². The maximum Gasteiger partial charge on any atom is 0.321 e. The number of nitrogens with zero attached hydrogens (tertiary/aromatic N) is 1. The van der Waals surface area contributed by atoms with E-state index in [-0.39, 0.29) is 6.42 Å². The number of rotatable bonds is 9. The molecule has 0 N–H and O–H groups in total. The number of aromatic nitrogens is 1. The third-order valence-corrected chi connectivity index (χ3v) is 5.27. The van der Waals surface area contributed by atoms with E-state index >= 15 is 0 Å². The Kier molecular flexibility index (Phi) is 8.79. The molecule has 0 unspecified atom stereocenters. The summed E-state index contributed by atoms with van der Waals surface area (Å²) in [6, 6.07) is 17.1. The van der Waals surface area contributed by atoms with Gasteiger partial charge in [-0.15, -0.1) is 0 Å². The molecule has 3 aromatic rings. The van der Waals surface area contributed by atoms with E-state index in [2.05, 4.69) is 4.98 Å². The topological polar surface area (TPSA) is 87.9 Å². The first-order valence-electron chi connectivity index (χ1n) is 12.5. The average molecular weight is 508 g/mol. The molecule has 37 heavy (non-hydrogen) atoms. The molecule has 0 aliphatic carbocycles. The quantitative estimate of drug-likeness (QED) is 0.255. The van der Waals surface area contributed by atoms with Gasteiger partial charge in [0.05, 0.1) is 12.3 Å². The molecule has 3 rings (SSSR count). The van der Waals surface area contributed by atoms with E-state index < -0.39 is 29.1 Å². The van der Waals surface area contributed by atoms with Gasteiger partial charge in [0.15, 0.2) is 5.92 Å². The fourth-order valence-electron chi connectivity index (χ4n) is 3.60. The van der Waals surface area contributed by atoms with E-state index in [1.54, 1.807) is 41.5 Å². The maximum absolute atomic E-state index is 12.8. The highest BCUT2D eigenvalue weighted by Gasteiger charge is 2.35. The van der Waals surface area contributed by atoms with Crippen molar-refractivity contribution >= 4 is 11.9 Å². The van der Waals surface area contributed by atoms with Crippen LogP contribution in [0.3, 0.4) is 0 Å². The standard InChI is InChI=1S/C30H37NO6/c1-20-25(31-26(35-20)22-11-9-8-10-12-22)17-18-34-23-15-13-21(14-16-23)19-24(27(32)36-29(2,3)4)28(33)37-30(5,6)7/h8-16,24H,17-19H2,1-7H3. The molecular formula is C30H37NO6. The zero-order chi connectivity index (χ0) is 27.2. The van der Waals surface area contributed by atoms with Gasteiger partial charge >= 0.3 is 11.9 Å². The Bertz CT molecular complexity index is 1160. The number of oxazole rings is 1. The fourth-order valence-corrected chi connectivity index (χ4v) is 3.60. The molecule has 0 saturated carbocycles. The summed E-state index contributed by atoms with van der Waals surface area (Å²) in [5, 5.41) is 0. The summed E-state index contributed by atoms with van der Waals surface area (Å²) in [4.78, 5) is 30.2. The Hall–Kier alpha value is -3.61. The minimum absolute atomic E-state index is 0.171. The van der Waals surface area contributed by atoms with Gasteiger partial charge in [0.2, 0.25) is 5.89 Å². The van der Waals surface area contributed by atoms with Gasteiger partial charge in [0.25, 0.3) is 0 Å². The first-order valence-corrected chi connectivity index (χ1v) is 12.5. The number of hydrogen-bond donors (Lipinski definition) is 0. The molecule has 0 saturated heterocycles. The molecule has 0 bridgehead atoms. The third-order valence-electron chi connectivity index (χ3n) is 5.27. The van der Waals surface area contributed by atoms with Crippen LogP contribution in [0.25, 0.3) is 11.5 Å². The van der Waals surface area contributed by atoms with Gasteiger partial charge in [-0.2, -0.15) is 0 Å². The SMILES string of the molecule is Cc1oc(-c2ccccc2)nc1CCOc1ccc(CC(C(=O)OC(C)(C)C)C(=O)OC(C)(C)C)cc1. The Balaban J connectivity index is 1.60. The predicted molar refractivity (Wildman–Crippen MR) is 141 cm³/mol. The Morgan fingerprint density at radius 3 is 1.97 bits per heavy atom. The summed E-state index contributed by atoms with van der Waals surface area (Å²) in [6.07, 6.45) is 0.772. The highest BCUT2D eigenvalue weighted by atomic mass is 16.6. The molecule has 0 aliphatic heterocycles. The van der Waals surface area contributed by atoms with Crippen LogP contribution in [0.4, 0.5) is 0 Å². The summed E-state index contributed by atoms with van der Waals surface area (Å²) < 4.78 is 22.7. The molecule has 0 spiro atoms. The summed E-state index contributed by atoms with van der Waals surface area (Å²) in [5.74, 6) is -0.201. The Morgan fingerprint density at radius 1 is 0.865 bits per heavy atom. The largest absolute Gasteiger partial charge is 0.493 e. The monoisotopic (exact) mass is 507 g/mol. The lowest BCUT2D eigenvalue weighted by Crippen LogP contribution is -2.38. The smallest absolute Gasteiger partial charge is 0.321 e. The number of hydrogen-bond acceptors (Lipinski definition) is 7. The van der Waals surface area contributed by atoms with Gasteiger partial charge in [-0.05, 0) is 84.7 Å². The molecule has 0 fully saturated rings. The molecule has 2 aromatic carbocycles. The minimum atomic E-state index is -1.06. The third kappa shape index (κ3) is 8.77. The van der Waals surface area contributed by atoms with Gasteiger partial charge in [0.1, 0.15) is 22.7 Å². The molecular weight excluding hydrogens is 470 g/mol. The summed E-state index contributed by atoms with van der Waals surface area (Å²) >= 11 is 0. The molecule has 198 valence electrons. The van der Waals surface area contributed by atoms with Crippen molar-refractivity contribution in [1.29, 1.82) is 0 Å². The van der Waals surface area contributed by atoms with Crippen LogP contribution in [0.15, 0.2) is 59.0 Å². The van der Waals surface area contributed by atoms with E-state index in [1.807, 2.05) is 61.5 Å². The lowest BCUT2D eigenvalue weighted by atomic mass is 9.98. The van der Waals surface area contributed by atoms with Crippen LogP contribution in [-0.4, -0.2) is 34.7 Å². The molecule has 1 heterocycles. The van der Waals surface area contributed by atoms with Crippen LogP contribution in [-0.2, 0) is 31.9 Å². The number of benzene rings is 2. The number of ether oxygens (including phenoxy) is 3. The first-order chi connectivity index (χ1) is 17.3. The van der Waals surface area contributed by atoms with Crippen molar-refractivity contribution in [2.75, 3.05) is 6.61 Å². The average Bonchev–Trinajstić information content (AvgIpc) is 3.17. The van der Waals surface area contributed by atoms with Crippen molar-refractivity contribution < 1.29 is 28.2 Å². The Labute approximate surface area is 219 Å². The normalized spacial score (nSPS) is 11.9. The van der Waals surface area contributed by atoms with E-state index in [0.29, 0.717) is 24.7 Å². The van der Waals surface area contributed by atoms with Crippen LogP contribution >= 0.6 is 0 Å². The zero-order valence-electron chi connectivity index (χ0n) is 22.8. The van der Waals surface area contributed by atoms with Gasteiger partial charge < -0.3 is 18.6 Å². The molecule has 0 radical (unpaired) electrons. The highest BCUT2D eigenvalue weighted by Crippen LogP contribution is 2.23. The van der Waals surface area contributed by atoms with Crippen molar-refractivity contribution in [3.8, 4) is 17.2 Å². The zero-order valence-corrected chi connectivity index (χ0v) is 22.8. The van der Waals surface area contributed by atoms with Crippen molar-refractivity contribution in [1.82, 2.24) is 4.98 Å².